The molecule has 1 aliphatic rings. The van der Waals surface area contributed by atoms with Crippen molar-refractivity contribution >= 4 is 23.5 Å². The molecule has 1 heterocycles. The van der Waals surface area contributed by atoms with E-state index in [1.165, 1.54) is 10.5 Å². The summed E-state index contributed by atoms with van der Waals surface area (Å²) in [7, 11) is 0. The van der Waals surface area contributed by atoms with Gasteiger partial charge in [-0.25, -0.2) is 0 Å². The van der Waals surface area contributed by atoms with E-state index in [-0.39, 0.29) is 29.4 Å². The third-order valence-electron chi connectivity index (χ3n) is 3.02. The van der Waals surface area contributed by atoms with E-state index in [9.17, 15) is 9.59 Å². The quantitative estimate of drug-likeness (QED) is 0.904. The van der Waals surface area contributed by atoms with Crippen LogP contribution in [0.15, 0.2) is 29.2 Å². The Labute approximate surface area is 111 Å². The molecule has 1 aliphatic heterocycles. The second-order valence-corrected chi connectivity index (χ2v) is 6.00. The highest BCUT2D eigenvalue weighted by atomic mass is 32.2. The summed E-state index contributed by atoms with van der Waals surface area (Å²) < 4.78 is 0. The second-order valence-electron chi connectivity index (χ2n) is 4.76. The molecule has 0 fully saturated rings. The molecule has 0 bridgehead atoms. The standard InChI is InChI=1S/C14H17NO2S/c1-9(2)11(16)8-15-14(17)13-7-10-5-3-4-6-12(10)18-13/h3-6,9,13H,7-8H2,1-2H3,(H,15,17). The highest BCUT2D eigenvalue weighted by molar-refractivity contribution is 8.01. The Hall–Kier alpha value is -1.29. The van der Waals surface area contributed by atoms with Crippen molar-refractivity contribution in [3.63, 3.8) is 0 Å². The number of fused-ring (bicyclic) bond motifs is 1. The molecule has 0 saturated heterocycles. The van der Waals surface area contributed by atoms with Crippen molar-refractivity contribution < 1.29 is 9.59 Å². The molecular weight excluding hydrogens is 246 g/mol. The number of benzene rings is 1. The third-order valence-corrected chi connectivity index (χ3v) is 4.34. The van der Waals surface area contributed by atoms with E-state index >= 15 is 0 Å². The zero-order valence-corrected chi connectivity index (χ0v) is 11.4. The van der Waals surface area contributed by atoms with Crippen molar-refractivity contribution in [2.75, 3.05) is 6.54 Å². The lowest BCUT2D eigenvalue weighted by atomic mass is 10.1. The molecule has 0 aliphatic carbocycles. The van der Waals surface area contributed by atoms with Crippen LogP contribution in [0.4, 0.5) is 0 Å². The van der Waals surface area contributed by atoms with Gasteiger partial charge in [0.2, 0.25) is 5.91 Å². The minimum Gasteiger partial charge on any atom is -0.348 e. The van der Waals surface area contributed by atoms with E-state index in [1.54, 1.807) is 11.8 Å². The maximum atomic E-state index is 12.0. The van der Waals surface area contributed by atoms with Gasteiger partial charge in [-0.1, -0.05) is 32.0 Å². The first kappa shape index (κ1) is 13.1. The summed E-state index contributed by atoms with van der Waals surface area (Å²) in [5, 5.41) is 2.64. The number of amides is 1. The topological polar surface area (TPSA) is 46.2 Å². The fraction of sp³-hybridized carbons (Fsp3) is 0.429. The van der Waals surface area contributed by atoms with Crippen LogP contribution >= 0.6 is 11.8 Å². The Morgan fingerprint density at radius 2 is 2.11 bits per heavy atom. The predicted molar refractivity (Wildman–Crippen MR) is 72.6 cm³/mol. The van der Waals surface area contributed by atoms with Crippen molar-refractivity contribution in [3.05, 3.63) is 29.8 Å². The molecule has 0 spiro atoms. The summed E-state index contributed by atoms with van der Waals surface area (Å²) in [6.45, 7) is 3.83. The molecule has 2 rings (SSSR count). The summed E-state index contributed by atoms with van der Waals surface area (Å²) in [5.74, 6) is 0.00721. The molecule has 3 nitrogen and oxygen atoms in total. The fourth-order valence-electron chi connectivity index (χ4n) is 1.82. The number of hydrogen-bond acceptors (Lipinski definition) is 3. The van der Waals surface area contributed by atoms with Crippen LogP contribution in [0.5, 0.6) is 0 Å². The van der Waals surface area contributed by atoms with Gasteiger partial charge in [0.05, 0.1) is 11.8 Å². The van der Waals surface area contributed by atoms with Crippen LogP contribution in [-0.2, 0) is 16.0 Å². The van der Waals surface area contributed by atoms with E-state index in [2.05, 4.69) is 11.4 Å². The van der Waals surface area contributed by atoms with Crippen molar-refractivity contribution in [1.29, 1.82) is 0 Å². The summed E-state index contributed by atoms with van der Waals surface area (Å²) in [6, 6.07) is 8.05. The van der Waals surface area contributed by atoms with Gasteiger partial charge in [-0.15, -0.1) is 11.8 Å². The molecule has 0 aromatic heterocycles. The average molecular weight is 263 g/mol. The number of rotatable bonds is 4. The Morgan fingerprint density at radius 1 is 1.39 bits per heavy atom. The zero-order chi connectivity index (χ0) is 13.1. The number of Topliss-reactive ketones (excluding diaryl/α,β-unsaturated/α-hetero) is 1. The van der Waals surface area contributed by atoms with Gasteiger partial charge in [0.25, 0.3) is 0 Å². The van der Waals surface area contributed by atoms with E-state index in [0.717, 1.165) is 6.42 Å². The van der Waals surface area contributed by atoms with E-state index in [1.807, 2.05) is 32.0 Å². The van der Waals surface area contributed by atoms with Crippen LogP contribution in [0.3, 0.4) is 0 Å². The lowest BCUT2D eigenvalue weighted by Gasteiger charge is -2.10. The molecule has 1 aromatic carbocycles. The molecule has 0 radical (unpaired) electrons. The summed E-state index contributed by atoms with van der Waals surface area (Å²) in [5.41, 5.74) is 1.22. The van der Waals surface area contributed by atoms with E-state index in [0.29, 0.717) is 0 Å². The third kappa shape index (κ3) is 2.93. The molecule has 96 valence electrons. The normalized spacial score (nSPS) is 17.6. The maximum Gasteiger partial charge on any atom is 0.234 e. The van der Waals surface area contributed by atoms with Gasteiger partial charge in [-0.3, -0.25) is 9.59 Å². The summed E-state index contributed by atoms with van der Waals surface area (Å²) >= 11 is 1.58. The molecule has 0 saturated carbocycles. The minimum absolute atomic E-state index is 0.0290. The highest BCUT2D eigenvalue weighted by Gasteiger charge is 2.28. The largest absolute Gasteiger partial charge is 0.348 e. The predicted octanol–water partition coefficient (Wildman–Crippen LogP) is 2.04. The maximum absolute atomic E-state index is 12.0. The first-order chi connectivity index (χ1) is 8.58. The molecule has 18 heavy (non-hydrogen) atoms. The van der Waals surface area contributed by atoms with Crippen molar-refractivity contribution in [2.24, 2.45) is 5.92 Å². The van der Waals surface area contributed by atoms with Gasteiger partial charge in [0.15, 0.2) is 5.78 Å². The summed E-state index contributed by atoms with van der Waals surface area (Å²) in [6.07, 6.45) is 0.753. The molecule has 1 amide bonds. The Balaban J connectivity index is 1.88. The first-order valence-corrected chi connectivity index (χ1v) is 7.01. The van der Waals surface area contributed by atoms with Crippen molar-refractivity contribution in [1.82, 2.24) is 5.32 Å². The van der Waals surface area contributed by atoms with Gasteiger partial charge < -0.3 is 5.32 Å². The number of nitrogens with one attached hydrogen (secondary N) is 1. The van der Waals surface area contributed by atoms with Gasteiger partial charge in [-0.2, -0.15) is 0 Å². The van der Waals surface area contributed by atoms with Crippen LogP contribution in [0.25, 0.3) is 0 Å². The highest BCUT2D eigenvalue weighted by Crippen LogP contribution is 2.36. The Bertz CT molecular complexity index is 446. The molecule has 4 heteroatoms. The number of carbonyl (C=O) groups is 2. The smallest absolute Gasteiger partial charge is 0.234 e. The molecule has 1 atom stereocenters. The Kier molecular flexibility index (Phi) is 4.07. The lowest BCUT2D eigenvalue weighted by molar-refractivity contribution is -0.126. The number of carbonyl (C=O) groups excluding carboxylic acids is 2. The molecule has 1 aromatic rings. The van der Waals surface area contributed by atoms with E-state index in [4.69, 9.17) is 0 Å². The Morgan fingerprint density at radius 3 is 2.78 bits per heavy atom. The monoisotopic (exact) mass is 263 g/mol. The van der Waals surface area contributed by atoms with Crippen LogP contribution in [0.1, 0.15) is 19.4 Å². The average Bonchev–Trinajstić information content (AvgIpc) is 2.79. The van der Waals surface area contributed by atoms with Gasteiger partial charge in [-0.05, 0) is 18.1 Å². The number of hydrogen-bond donors (Lipinski definition) is 1. The second kappa shape index (κ2) is 5.57. The molecule has 1 unspecified atom stereocenters. The SMILES string of the molecule is CC(C)C(=O)CNC(=O)C1Cc2ccccc2S1. The first-order valence-electron chi connectivity index (χ1n) is 6.13. The van der Waals surface area contributed by atoms with Crippen LogP contribution < -0.4 is 5.32 Å². The number of ketones is 1. The van der Waals surface area contributed by atoms with Gasteiger partial charge in [0, 0.05) is 10.8 Å². The van der Waals surface area contributed by atoms with Crippen molar-refractivity contribution in [2.45, 2.75) is 30.4 Å². The minimum atomic E-state index is -0.0950. The summed E-state index contributed by atoms with van der Waals surface area (Å²) in [4.78, 5) is 24.6. The number of thioether (sulfide) groups is 1. The van der Waals surface area contributed by atoms with E-state index < -0.39 is 0 Å². The molecular formula is C14H17NO2S. The van der Waals surface area contributed by atoms with Crippen LogP contribution in [0, 0.1) is 5.92 Å². The van der Waals surface area contributed by atoms with Crippen LogP contribution in [0.2, 0.25) is 0 Å². The van der Waals surface area contributed by atoms with Crippen LogP contribution in [-0.4, -0.2) is 23.5 Å². The fourth-order valence-corrected chi connectivity index (χ4v) is 3.04. The van der Waals surface area contributed by atoms with Gasteiger partial charge in [0.1, 0.15) is 0 Å². The van der Waals surface area contributed by atoms with Crippen molar-refractivity contribution in [3.8, 4) is 0 Å². The zero-order valence-electron chi connectivity index (χ0n) is 10.6. The molecule has 1 N–H and O–H groups in total. The van der Waals surface area contributed by atoms with Gasteiger partial charge >= 0.3 is 0 Å². The lowest BCUT2D eigenvalue weighted by Crippen LogP contribution is -2.37.